The van der Waals surface area contributed by atoms with Crippen molar-refractivity contribution >= 4 is 11.7 Å². The molecule has 0 bridgehead atoms. The van der Waals surface area contributed by atoms with E-state index in [4.69, 9.17) is 15.2 Å². The second-order valence-corrected chi connectivity index (χ2v) is 5.51. The molecule has 2 aromatic rings. The second kappa shape index (κ2) is 7.27. The van der Waals surface area contributed by atoms with Crippen molar-refractivity contribution < 1.29 is 14.3 Å². The van der Waals surface area contributed by atoms with Crippen LogP contribution in [-0.4, -0.2) is 35.8 Å². The molecule has 1 aliphatic heterocycles. The molecule has 1 unspecified atom stereocenters. The first-order chi connectivity index (χ1) is 11.7. The van der Waals surface area contributed by atoms with Gasteiger partial charge < -0.3 is 20.5 Å². The Labute approximate surface area is 140 Å². The maximum Gasteiger partial charge on any atom is 0.273 e. The highest BCUT2D eigenvalue weighted by atomic mass is 16.7. The molecule has 1 aliphatic rings. The average molecular weight is 328 g/mol. The zero-order valence-corrected chi connectivity index (χ0v) is 13.5. The Kier molecular flexibility index (Phi) is 4.90. The molecule has 126 valence electrons. The van der Waals surface area contributed by atoms with Gasteiger partial charge >= 0.3 is 0 Å². The third kappa shape index (κ3) is 3.62. The number of anilines is 1. The SMILES string of the molecule is CNC(=O)c1nc(-c2ccc(OC3CCCCO3)cc2)cnc1N. The van der Waals surface area contributed by atoms with E-state index in [1.807, 2.05) is 24.3 Å². The van der Waals surface area contributed by atoms with E-state index in [9.17, 15) is 4.79 Å². The molecule has 7 nitrogen and oxygen atoms in total. The van der Waals surface area contributed by atoms with E-state index in [-0.39, 0.29) is 23.7 Å². The summed E-state index contributed by atoms with van der Waals surface area (Å²) >= 11 is 0. The molecule has 0 aliphatic carbocycles. The van der Waals surface area contributed by atoms with E-state index in [0.717, 1.165) is 37.2 Å². The lowest BCUT2D eigenvalue weighted by Gasteiger charge is -2.23. The molecule has 1 aromatic carbocycles. The molecule has 3 rings (SSSR count). The predicted octanol–water partition coefficient (Wildman–Crippen LogP) is 1.99. The molecule has 0 radical (unpaired) electrons. The van der Waals surface area contributed by atoms with Crippen LogP contribution in [-0.2, 0) is 4.74 Å². The summed E-state index contributed by atoms with van der Waals surface area (Å²) in [4.78, 5) is 20.1. The quantitative estimate of drug-likeness (QED) is 0.890. The van der Waals surface area contributed by atoms with Gasteiger partial charge in [0.25, 0.3) is 5.91 Å². The maximum atomic E-state index is 11.8. The van der Waals surface area contributed by atoms with Crippen LogP contribution in [0.25, 0.3) is 11.3 Å². The monoisotopic (exact) mass is 328 g/mol. The van der Waals surface area contributed by atoms with Crippen LogP contribution in [0.15, 0.2) is 30.5 Å². The fourth-order valence-electron chi connectivity index (χ4n) is 2.48. The minimum absolute atomic E-state index is 0.104. The zero-order valence-electron chi connectivity index (χ0n) is 13.5. The molecule has 1 fully saturated rings. The summed E-state index contributed by atoms with van der Waals surface area (Å²) in [6.07, 6.45) is 4.47. The highest BCUT2D eigenvalue weighted by molar-refractivity contribution is 5.96. The fraction of sp³-hybridized carbons (Fsp3) is 0.353. The van der Waals surface area contributed by atoms with Crippen LogP contribution >= 0.6 is 0 Å². The number of rotatable bonds is 4. The smallest absolute Gasteiger partial charge is 0.273 e. The van der Waals surface area contributed by atoms with Gasteiger partial charge in [0.1, 0.15) is 5.75 Å². The standard InChI is InChI=1S/C17H20N4O3/c1-19-17(22)15-16(18)20-10-13(21-15)11-5-7-12(8-6-11)24-14-4-2-3-9-23-14/h5-8,10,14H,2-4,9H2,1H3,(H2,18,20)(H,19,22). The van der Waals surface area contributed by atoms with Crippen molar-refractivity contribution in [1.29, 1.82) is 0 Å². The summed E-state index contributed by atoms with van der Waals surface area (Å²) in [7, 11) is 1.52. The first-order valence-electron chi connectivity index (χ1n) is 7.90. The van der Waals surface area contributed by atoms with Gasteiger partial charge in [0.05, 0.1) is 18.5 Å². The van der Waals surface area contributed by atoms with E-state index in [2.05, 4.69) is 15.3 Å². The van der Waals surface area contributed by atoms with Crippen molar-refractivity contribution in [2.45, 2.75) is 25.6 Å². The van der Waals surface area contributed by atoms with E-state index >= 15 is 0 Å². The lowest BCUT2D eigenvalue weighted by molar-refractivity contribution is -0.105. The van der Waals surface area contributed by atoms with Crippen molar-refractivity contribution in [1.82, 2.24) is 15.3 Å². The number of carbonyl (C=O) groups excluding carboxylic acids is 1. The third-order valence-corrected chi connectivity index (χ3v) is 3.80. The Balaban J connectivity index is 1.76. The number of benzene rings is 1. The van der Waals surface area contributed by atoms with Gasteiger partial charge in [0.2, 0.25) is 0 Å². The topological polar surface area (TPSA) is 99.4 Å². The number of nitrogen functional groups attached to an aromatic ring is 1. The number of nitrogens with zero attached hydrogens (tertiary/aromatic N) is 2. The summed E-state index contributed by atoms with van der Waals surface area (Å²) in [5, 5.41) is 2.50. The molecule has 1 amide bonds. The van der Waals surface area contributed by atoms with Crippen molar-refractivity contribution in [3.05, 3.63) is 36.2 Å². The molecule has 7 heteroatoms. The minimum atomic E-state index is -0.365. The number of amides is 1. The maximum absolute atomic E-state index is 11.8. The van der Waals surface area contributed by atoms with Crippen LogP contribution in [0.1, 0.15) is 29.8 Å². The first kappa shape index (κ1) is 16.2. The Morgan fingerprint density at radius 3 is 2.79 bits per heavy atom. The first-order valence-corrected chi connectivity index (χ1v) is 7.90. The van der Waals surface area contributed by atoms with Crippen LogP contribution in [0.4, 0.5) is 5.82 Å². The van der Waals surface area contributed by atoms with Gasteiger partial charge in [-0.15, -0.1) is 0 Å². The summed E-state index contributed by atoms with van der Waals surface area (Å²) in [5.41, 5.74) is 7.22. The minimum Gasteiger partial charge on any atom is -0.465 e. The van der Waals surface area contributed by atoms with Crippen LogP contribution in [0.2, 0.25) is 0 Å². The van der Waals surface area contributed by atoms with E-state index in [1.54, 1.807) is 6.20 Å². The molecule has 0 saturated carbocycles. The lowest BCUT2D eigenvalue weighted by Crippen LogP contribution is -2.24. The van der Waals surface area contributed by atoms with Gasteiger partial charge in [-0.05, 0) is 37.1 Å². The van der Waals surface area contributed by atoms with Crippen LogP contribution in [0.5, 0.6) is 5.75 Å². The van der Waals surface area contributed by atoms with E-state index < -0.39 is 0 Å². The molecule has 0 spiro atoms. The summed E-state index contributed by atoms with van der Waals surface area (Å²) in [6.45, 7) is 0.742. The van der Waals surface area contributed by atoms with Gasteiger partial charge in [-0.25, -0.2) is 9.97 Å². The number of carbonyl (C=O) groups is 1. The molecular weight excluding hydrogens is 308 g/mol. The molecule has 2 heterocycles. The van der Waals surface area contributed by atoms with Crippen molar-refractivity contribution in [2.24, 2.45) is 0 Å². The van der Waals surface area contributed by atoms with Crippen LogP contribution < -0.4 is 15.8 Å². The molecule has 3 N–H and O–H groups in total. The van der Waals surface area contributed by atoms with Crippen LogP contribution in [0.3, 0.4) is 0 Å². The zero-order chi connectivity index (χ0) is 16.9. The summed E-state index contributed by atoms with van der Waals surface area (Å²) < 4.78 is 11.4. The van der Waals surface area contributed by atoms with Gasteiger partial charge in [-0.2, -0.15) is 0 Å². The van der Waals surface area contributed by atoms with E-state index in [0.29, 0.717) is 5.69 Å². The lowest BCUT2D eigenvalue weighted by atomic mass is 10.1. The molecule has 1 atom stereocenters. The number of nitrogens with one attached hydrogen (secondary N) is 1. The van der Waals surface area contributed by atoms with Gasteiger partial charge in [0.15, 0.2) is 17.8 Å². The molecule has 24 heavy (non-hydrogen) atoms. The van der Waals surface area contributed by atoms with Crippen LogP contribution in [0, 0.1) is 0 Å². The van der Waals surface area contributed by atoms with Crippen molar-refractivity contribution in [2.75, 3.05) is 19.4 Å². The normalized spacial score (nSPS) is 17.3. The van der Waals surface area contributed by atoms with Gasteiger partial charge in [-0.1, -0.05) is 0 Å². The summed E-state index contributed by atoms with van der Waals surface area (Å²) in [5.74, 6) is 0.476. The Morgan fingerprint density at radius 2 is 2.12 bits per heavy atom. The van der Waals surface area contributed by atoms with E-state index in [1.165, 1.54) is 7.05 Å². The molecule has 1 saturated heterocycles. The number of hydrogen-bond acceptors (Lipinski definition) is 6. The fourth-order valence-corrected chi connectivity index (χ4v) is 2.48. The number of ether oxygens (including phenoxy) is 2. The highest BCUT2D eigenvalue weighted by Gasteiger charge is 2.16. The number of nitrogens with two attached hydrogens (primary N) is 1. The largest absolute Gasteiger partial charge is 0.465 e. The van der Waals surface area contributed by atoms with Crippen molar-refractivity contribution in [3.8, 4) is 17.0 Å². The Morgan fingerprint density at radius 1 is 1.33 bits per heavy atom. The second-order valence-electron chi connectivity index (χ2n) is 5.51. The number of hydrogen-bond donors (Lipinski definition) is 2. The predicted molar refractivity (Wildman–Crippen MR) is 89.5 cm³/mol. The molecule has 1 aromatic heterocycles. The van der Waals surface area contributed by atoms with Gasteiger partial charge in [0, 0.05) is 19.0 Å². The Hall–Kier alpha value is -2.67. The van der Waals surface area contributed by atoms with Crippen molar-refractivity contribution in [3.63, 3.8) is 0 Å². The third-order valence-electron chi connectivity index (χ3n) is 3.80. The Bertz CT molecular complexity index is 712. The van der Waals surface area contributed by atoms with Gasteiger partial charge in [-0.3, -0.25) is 4.79 Å². The average Bonchev–Trinajstić information content (AvgIpc) is 2.63. The molecular formula is C17H20N4O3. The highest BCUT2D eigenvalue weighted by Crippen LogP contribution is 2.24. The summed E-state index contributed by atoms with van der Waals surface area (Å²) in [6, 6.07) is 7.44. The number of aromatic nitrogens is 2.